The van der Waals surface area contributed by atoms with Crippen LogP contribution in [0.3, 0.4) is 0 Å². The van der Waals surface area contributed by atoms with Crippen molar-refractivity contribution in [2.24, 2.45) is 11.7 Å². The third-order valence-corrected chi connectivity index (χ3v) is 3.66. The molecular weight excluding hydrogens is 314 g/mol. The van der Waals surface area contributed by atoms with Gasteiger partial charge in [-0.2, -0.15) is 8.78 Å². The van der Waals surface area contributed by atoms with Crippen molar-refractivity contribution in [3.05, 3.63) is 29.8 Å². The van der Waals surface area contributed by atoms with Gasteiger partial charge in [-0.15, -0.1) is 12.4 Å². The fourth-order valence-corrected chi connectivity index (χ4v) is 1.83. The predicted octanol–water partition coefficient (Wildman–Crippen LogP) is 2.74. The van der Waals surface area contributed by atoms with Gasteiger partial charge >= 0.3 is 6.61 Å². The van der Waals surface area contributed by atoms with Crippen molar-refractivity contribution in [3.63, 3.8) is 0 Å². The molecule has 1 aromatic carbocycles. The third-order valence-electron chi connectivity index (χ3n) is 3.66. The lowest BCUT2D eigenvalue weighted by molar-refractivity contribution is -0.122. The van der Waals surface area contributed by atoms with Crippen LogP contribution in [-0.4, -0.2) is 24.6 Å². The molecule has 0 heterocycles. The van der Waals surface area contributed by atoms with Gasteiger partial charge in [-0.1, -0.05) is 32.0 Å². The fraction of sp³-hybridized carbons (Fsp3) is 0.533. The molecule has 0 aliphatic heterocycles. The third kappa shape index (κ3) is 5.77. The molecule has 0 aromatic heterocycles. The highest BCUT2D eigenvalue weighted by Gasteiger charge is 2.28. The number of alkyl halides is 2. The van der Waals surface area contributed by atoms with Crippen molar-refractivity contribution >= 4 is 18.3 Å². The Morgan fingerprint density at radius 2 is 1.95 bits per heavy atom. The van der Waals surface area contributed by atoms with Crippen LogP contribution in [-0.2, 0) is 11.2 Å². The van der Waals surface area contributed by atoms with Crippen LogP contribution in [0.15, 0.2) is 24.3 Å². The zero-order chi connectivity index (χ0) is 16.0. The van der Waals surface area contributed by atoms with E-state index in [1.807, 2.05) is 20.8 Å². The highest BCUT2D eigenvalue weighted by atomic mass is 35.5. The van der Waals surface area contributed by atoms with Crippen molar-refractivity contribution in [1.82, 2.24) is 5.32 Å². The van der Waals surface area contributed by atoms with E-state index in [1.54, 1.807) is 18.2 Å². The highest BCUT2D eigenvalue weighted by molar-refractivity contribution is 5.85. The monoisotopic (exact) mass is 336 g/mol. The van der Waals surface area contributed by atoms with Gasteiger partial charge in [0.2, 0.25) is 5.91 Å². The number of nitrogens with two attached hydrogens (primary N) is 1. The molecule has 1 atom stereocenters. The van der Waals surface area contributed by atoms with E-state index in [4.69, 9.17) is 5.73 Å². The number of hydrogen-bond donors (Lipinski definition) is 2. The van der Waals surface area contributed by atoms with Gasteiger partial charge in [0.25, 0.3) is 0 Å². The number of para-hydroxylation sites is 1. The van der Waals surface area contributed by atoms with Gasteiger partial charge in [0.15, 0.2) is 0 Å². The summed E-state index contributed by atoms with van der Waals surface area (Å²) >= 11 is 0. The van der Waals surface area contributed by atoms with Gasteiger partial charge in [-0.25, -0.2) is 0 Å². The van der Waals surface area contributed by atoms with Crippen LogP contribution in [0.4, 0.5) is 8.78 Å². The van der Waals surface area contributed by atoms with Gasteiger partial charge in [-0.3, -0.25) is 4.79 Å². The lowest BCUT2D eigenvalue weighted by Gasteiger charge is -2.33. The van der Waals surface area contributed by atoms with Gasteiger partial charge in [-0.05, 0) is 18.9 Å². The lowest BCUT2D eigenvalue weighted by Crippen LogP contribution is -2.55. The normalized spacial score (nSPS) is 13.5. The summed E-state index contributed by atoms with van der Waals surface area (Å²) in [7, 11) is 0. The number of carbonyl (C=O) groups excluding carboxylic acids is 1. The molecule has 0 radical (unpaired) electrons. The number of benzene rings is 1. The molecule has 1 aromatic rings. The Hall–Kier alpha value is -1.40. The van der Waals surface area contributed by atoms with Crippen LogP contribution in [0.5, 0.6) is 5.75 Å². The molecule has 3 N–H and O–H groups in total. The largest absolute Gasteiger partial charge is 0.435 e. The van der Waals surface area contributed by atoms with E-state index in [-0.39, 0.29) is 36.4 Å². The Balaban J connectivity index is 0.00000441. The van der Waals surface area contributed by atoms with Crippen LogP contribution in [0, 0.1) is 5.92 Å². The second-order valence-electron chi connectivity index (χ2n) is 5.49. The van der Waals surface area contributed by atoms with Gasteiger partial charge in [0.05, 0.1) is 12.0 Å². The van der Waals surface area contributed by atoms with Crippen LogP contribution in [0.25, 0.3) is 0 Å². The first-order chi connectivity index (χ1) is 9.78. The summed E-state index contributed by atoms with van der Waals surface area (Å²) in [6.45, 7) is 3.16. The second kappa shape index (κ2) is 8.90. The molecule has 7 heteroatoms. The first kappa shape index (κ1) is 20.6. The van der Waals surface area contributed by atoms with Crippen LogP contribution in [0.2, 0.25) is 0 Å². The van der Waals surface area contributed by atoms with Crippen LogP contribution in [0.1, 0.15) is 26.3 Å². The molecule has 1 amide bonds. The number of rotatable bonds is 7. The minimum absolute atomic E-state index is 0. The van der Waals surface area contributed by atoms with Crippen LogP contribution < -0.4 is 15.8 Å². The van der Waals surface area contributed by atoms with Crippen molar-refractivity contribution in [2.45, 2.75) is 39.3 Å². The fourth-order valence-electron chi connectivity index (χ4n) is 1.83. The molecule has 0 bridgehead atoms. The second-order valence-corrected chi connectivity index (χ2v) is 5.49. The molecular formula is C15H23ClF2N2O2. The lowest BCUT2D eigenvalue weighted by atomic mass is 9.88. The molecule has 0 aliphatic carbocycles. The number of hydrogen-bond acceptors (Lipinski definition) is 3. The Morgan fingerprint density at radius 3 is 2.45 bits per heavy atom. The smallest absolute Gasteiger partial charge is 0.387 e. The standard InChI is InChI=1S/C15H22F2N2O2.ClH/c1-10(2)15(3,9-18)19-13(20)8-11-6-4-5-7-12(11)21-14(16)17;/h4-7,10,14H,8-9,18H2,1-3H3,(H,19,20);1H. The zero-order valence-electron chi connectivity index (χ0n) is 12.9. The van der Waals surface area contributed by atoms with E-state index in [1.165, 1.54) is 6.07 Å². The predicted molar refractivity (Wildman–Crippen MR) is 84.5 cm³/mol. The summed E-state index contributed by atoms with van der Waals surface area (Å²) in [5.41, 5.74) is 5.59. The van der Waals surface area contributed by atoms with E-state index in [9.17, 15) is 13.6 Å². The topological polar surface area (TPSA) is 64.3 Å². The van der Waals surface area contributed by atoms with E-state index < -0.39 is 12.2 Å². The molecule has 22 heavy (non-hydrogen) atoms. The maximum Gasteiger partial charge on any atom is 0.387 e. The molecule has 4 nitrogen and oxygen atoms in total. The highest BCUT2D eigenvalue weighted by Crippen LogP contribution is 2.21. The van der Waals surface area contributed by atoms with Crippen molar-refractivity contribution in [2.75, 3.05) is 6.54 Å². The Labute approximate surface area is 135 Å². The molecule has 0 fully saturated rings. The maximum atomic E-state index is 12.3. The van der Waals surface area contributed by atoms with E-state index in [0.717, 1.165) is 0 Å². The number of carbonyl (C=O) groups is 1. The van der Waals surface area contributed by atoms with Gasteiger partial charge < -0.3 is 15.8 Å². The number of ether oxygens (including phenoxy) is 1. The van der Waals surface area contributed by atoms with E-state index in [0.29, 0.717) is 12.1 Å². The van der Waals surface area contributed by atoms with E-state index >= 15 is 0 Å². The average Bonchev–Trinajstić information content (AvgIpc) is 2.40. The van der Waals surface area contributed by atoms with Gasteiger partial charge in [0, 0.05) is 12.1 Å². The number of nitrogens with one attached hydrogen (secondary N) is 1. The summed E-state index contributed by atoms with van der Waals surface area (Å²) in [6.07, 6.45) is -0.0365. The molecule has 1 unspecified atom stereocenters. The molecule has 126 valence electrons. The Bertz CT molecular complexity index is 486. The minimum Gasteiger partial charge on any atom is -0.435 e. The zero-order valence-corrected chi connectivity index (χ0v) is 13.8. The Morgan fingerprint density at radius 1 is 1.36 bits per heavy atom. The minimum atomic E-state index is -2.92. The van der Waals surface area contributed by atoms with Gasteiger partial charge in [0.1, 0.15) is 5.75 Å². The maximum absolute atomic E-state index is 12.3. The molecule has 0 saturated heterocycles. The average molecular weight is 337 g/mol. The molecule has 1 rings (SSSR count). The SMILES string of the molecule is CC(C)C(C)(CN)NC(=O)Cc1ccccc1OC(F)F.Cl. The molecule has 0 aliphatic rings. The van der Waals surface area contributed by atoms with E-state index in [2.05, 4.69) is 10.1 Å². The first-order valence-corrected chi connectivity index (χ1v) is 6.82. The summed E-state index contributed by atoms with van der Waals surface area (Å²) in [5.74, 6) is -0.109. The Kier molecular flexibility index (Phi) is 8.34. The van der Waals surface area contributed by atoms with Crippen molar-refractivity contribution in [3.8, 4) is 5.75 Å². The summed E-state index contributed by atoms with van der Waals surface area (Å²) in [6, 6.07) is 6.26. The number of amides is 1. The summed E-state index contributed by atoms with van der Waals surface area (Å²) in [5, 5.41) is 2.86. The molecule has 0 spiro atoms. The van der Waals surface area contributed by atoms with Crippen molar-refractivity contribution in [1.29, 1.82) is 0 Å². The quantitative estimate of drug-likeness (QED) is 0.804. The van der Waals surface area contributed by atoms with Crippen molar-refractivity contribution < 1.29 is 18.3 Å². The summed E-state index contributed by atoms with van der Waals surface area (Å²) < 4.78 is 29.1. The van der Waals surface area contributed by atoms with Crippen LogP contribution >= 0.6 is 12.4 Å². The number of halogens is 3. The first-order valence-electron chi connectivity index (χ1n) is 6.82. The summed E-state index contributed by atoms with van der Waals surface area (Å²) in [4.78, 5) is 12.1. The molecule has 0 saturated carbocycles.